The number of nitriles is 1. The van der Waals surface area contributed by atoms with Crippen LogP contribution < -0.4 is 4.74 Å². The van der Waals surface area contributed by atoms with E-state index in [2.05, 4.69) is 11.2 Å². The topological polar surface area (TPSA) is 50.8 Å². The fourth-order valence-corrected chi connectivity index (χ4v) is 2.22. The molecule has 0 bridgehead atoms. The molecule has 0 aliphatic rings. The lowest BCUT2D eigenvalue weighted by molar-refractivity contribution is 0.414. The van der Waals surface area contributed by atoms with Gasteiger partial charge in [0.2, 0.25) is 0 Å². The maximum Gasteiger partial charge on any atom is 0.119 e. The molecule has 0 spiro atoms. The number of ether oxygens (including phenoxy) is 1. The molecule has 0 unspecified atom stereocenters. The van der Waals surface area contributed by atoms with Crippen molar-refractivity contribution in [3.8, 4) is 28.8 Å². The largest absolute Gasteiger partial charge is 0.497 e. The summed E-state index contributed by atoms with van der Waals surface area (Å²) in [6.45, 7) is 0. The Morgan fingerprint density at radius 1 is 1.05 bits per heavy atom. The Balaban J connectivity index is 2.15. The first-order valence-corrected chi connectivity index (χ1v) is 6.51. The molecule has 0 atom stereocenters. The zero-order chi connectivity index (χ0) is 14.7. The van der Waals surface area contributed by atoms with Crippen molar-refractivity contribution in [2.75, 3.05) is 7.11 Å². The van der Waals surface area contributed by atoms with Crippen LogP contribution in [0.4, 0.5) is 0 Å². The third-order valence-corrected chi connectivity index (χ3v) is 3.25. The van der Waals surface area contributed by atoms with Crippen molar-refractivity contribution < 1.29 is 4.74 Å². The standard InChI is InChI=1S/C17H13N3O/c1-21-16-9-7-15(8-10-16)20-17(14(11-18)12-19-20)13-5-3-2-4-6-13/h2-10,12H,1H3. The molecule has 0 aliphatic heterocycles. The Kier molecular flexibility index (Phi) is 3.40. The smallest absolute Gasteiger partial charge is 0.119 e. The van der Waals surface area contributed by atoms with E-state index in [1.807, 2.05) is 54.6 Å². The number of methoxy groups -OCH3 is 1. The van der Waals surface area contributed by atoms with E-state index in [9.17, 15) is 5.26 Å². The second kappa shape index (κ2) is 5.51. The van der Waals surface area contributed by atoms with Gasteiger partial charge in [0.05, 0.1) is 30.3 Å². The van der Waals surface area contributed by atoms with E-state index in [1.54, 1.807) is 18.0 Å². The molecule has 102 valence electrons. The molecule has 4 nitrogen and oxygen atoms in total. The maximum absolute atomic E-state index is 9.30. The molecule has 21 heavy (non-hydrogen) atoms. The third kappa shape index (κ3) is 2.37. The average Bonchev–Trinajstić information content (AvgIpc) is 2.99. The monoisotopic (exact) mass is 275 g/mol. The van der Waals surface area contributed by atoms with Crippen LogP contribution in [0.15, 0.2) is 60.8 Å². The SMILES string of the molecule is COc1ccc(-n2ncc(C#N)c2-c2ccccc2)cc1. The molecule has 2 aromatic carbocycles. The Bertz CT molecular complexity index is 783. The molecule has 0 fully saturated rings. The second-order valence-electron chi connectivity index (χ2n) is 4.49. The Labute approximate surface area is 122 Å². The van der Waals surface area contributed by atoms with Gasteiger partial charge in [0.1, 0.15) is 11.8 Å². The van der Waals surface area contributed by atoms with Gasteiger partial charge < -0.3 is 4.74 Å². The van der Waals surface area contributed by atoms with Crippen LogP contribution in [0.25, 0.3) is 16.9 Å². The van der Waals surface area contributed by atoms with Crippen LogP contribution >= 0.6 is 0 Å². The highest BCUT2D eigenvalue weighted by Gasteiger charge is 2.13. The molecule has 0 amide bonds. The molecule has 0 aliphatic carbocycles. The first-order valence-electron chi connectivity index (χ1n) is 6.51. The average molecular weight is 275 g/mol. The van der Waals surface area contributed by atoms with E-state index in [0.717, 1.165) is 22.7 Å². The van der Waals surface area contributed by atoms with Crippen LogP contribution in [0, 0.1) is 11.3 Å². The minimum Gasteiger partial charge on any atom is -0.497 e. The van der Waals surface area contributed by atoms with E-state index >= 15 is 0 Å². The van der Waals surface area contributed by atoms with E-state index in [1.165, 1.54) is 0 Å². The van der Waals surface area contributed by atoms with E-state index in [4.69, 9.17) is 4.74 Å². The molecule has 4 heteroatoms. The summed E-state index contributed by atoms with van der Waals surface area (Å²) < 4.78 is 6.94. The van der Waals surface area contributed by atoms with Crippen LogP contribution in [0.1, 0.15) is 5.56 Å². The van der Waals surface area contributed by atoms with Gasteiger partial charge in [-0.15, -0.1) is 0 Å². The summed E-state index contributed by atoms with van der Waals surface area (Å²) in [4.78, 5) is 0. The van der Waals surface area contributed by atoms with Gasteiger partial charge in [0.15, 0.2) is 0 Å². The molecule has 3 rings (SSSR count). The molecule has 0 radical (unpaired) electrons. The minimum absolute atomic E-state index is 0.553. The van der Waals surface area contributed by atoms with Crippen molar-refractivity contribution >= 4 is 0 Å². The van der Waals surface area contributed by atoms with Gasteiger partial charge in [-0.2, -0.15) is 10.4 Å². The highest BCUT2D eigenvalue weighted by molar-refractivity contribution is 5.68. The Morgan fingerprint density at radius 3 is 2.38 bits per heavy atom. The minimum atomic E-state index is 0.553. The summed E-state index contributed by atoms with van der Waals surface area (Å²) in [5.74, 6) is 0.785. The normalized spacial score (nSPS) is 10.1. The van der Waals surface area contributed by atoms with Crippen LogP contribution in [0.3, 0.4) is 0 Å². The van der Waals surface area contributed by atoms with Crippen molar-refractivity contribution in [2.24, 2.45) is 0 Å². The number of rotatable bonds is 3. The summed E-state index contributed by atoms with van der Waals surface area (Å²) in [6.07, 6.45) is 1.59. The fraction of sp³-hybridized carbons (Fsp3) is 0.0588. The Hall–Kier alpha value is -3.06. The predicted octanol–water partition coefficient (Wildman–Crippen LogP) is 3.42. The Morgan fingerprint density at radius 2 is 1.76 bits per heavy atom. The zero-order valence-electron chi connectivity index (χ0n) is 11.5. The van der Waals surface area contributed by atoms with Crippen molar-refractivity contribution in [3.05, 3.63) is 66.4 Å². The molecule has 0 N–H and O–H groups in total. The van der Waals surface area contributed by atoms with Crippen LogP contribution in [0.2, 0.25) is 0 Å². The quantitative estimate of drug-likeness (QED) is 0.736. The van der Waals surface area contributed by atoms with Gasteiger partial charge in [-0.1, -0.05) is 30.3 Å². The summed E-state index contributed by atoms with van der Waals surface area (Å²) in [5, 5.41) is 13.6. The van der Waals surface area contributed by atoms with Gasteiger partial charge >= 0.3 is 0 Å². The molecule has 1 aromatic heterocycles. The van der Waals surface area contributed by atoms with Crippen LogP contribution in [-0.4, -0.2) is 16.9 Å². The van der Waals surface area contributed by atoms with Gasteiger partial charge in [0, 0.05) is 5.56 Å². The first kappa shape index (κ1) is 12.9. The highest BCUT2D eigenvalue weighted by Crippen LogP contribution is 2.26. The van der Waals surface area contributed by atoms with E-state index < -0.39 is 0 Å². The number of hydrogen-bond acceptors (Lipinski definition) is 3. The third-order valence-electron chi connectivity index (χ3n) is 3.25. The number of hydrogen-bond donors (Lipinski definition) is 0. The fourth-order valence-electron chi connectivity index (χ4n) is 2.22. The predicted molar refractivity (Wildman–Crippen MR) is 80.3 cm³/mol. The van der Waals surface area contributed by atoms with Gasteiger partial charge in [-0.05, 0) is 24.3 Å². The second-order valence-corrected chi connectivity index (χ2v) is 4.49. The van der Waals surface area contributed by atoms with Crippen LogP contribution in [-0.2, 0) is 0 Å². The summed E-state index contributed by atoms with van der Waals surface area (Å²) in [6, 6.07) is 19.6. The molecule has 1 heterocycles. The van der Waals surface area contributed by atoms with Crippen molar-refractivity contribution in [1.29, 1.82) is 5.26 Å². The highest BCUT2D eigenvalue weighted by atomic mass is 16.5. The lowest BCUT2D eigenvalue weighted by Crippen LogP contribution is -1.99. The summed E-state index contributed by atoms with van der Waals surface area (Å²) >= 11 is 0. The van der Waals surface area contributed by atoms with E-state index in [-0.39, 0.29) is 0 Å². The van der Waals surface area contributed by atoms with Gasteiger partial charge in [-0.25, -0.2) is 4.68 Å². The van der Waals surface area contributed by atoms with E-state index in [0.29, 0.717) is 5.56 Å². The van der Waals surface area contributed by atoms with Crippen molar-refractivity contribution in [1.82, 2.24) is 9.78 Å². The first-order chi connectivity index (χ1) is 10.3. The number of aromatic nitrogens is 2. The van der Waals surface area contributed by atoms with Gasteiger partial charge in [0.25, 0.3) is 0 Å². The maximum atomic E-state index is 9.30. The molecular weight excluding hydrogens is 262 g/mol. The molecule has 0 saturated carbocycles. The van der Waals surface area contributed by atoms with Crippen molar-refractivity contribution in [2.45, 2.75) is 0 Å². The van der Waals surface area contributed by atoms with Crippen LogP contribution in [0.5, 0.6) is 5.75 Å². The molecule has 0 saturated heterocycles. The van der Waals surface area contributed by atoms with Crippen molar-refractivity contribution in [3.63, 3.8) is 0 Å². The number of nitrogens with zero attached hydrogens (tertiary/aromatic N) is 3. The summed E-state index contributed by atoms with van der Waals surface area (Å²) in [5.41, 5.74) is 3.19. The number of benzene rings is 2. The molecule has 3 aromatic rings. The molecular formula is C17H13N3O. The lowest BCUT2D eigenvalue weighted by atomic mass is 10.1. The zero-order valence-corrected chi connectivity index (χ0v) is 11.5. The summed E-state index contributed by atoms with van der Waals surface area (Å²) in [7, 11) is 1.63. The van der Waals surface area contributed by atoms with Gasteiger partial charge in [-0.3, -0.25) is 0 Å². The lowest BCUT2D eigenvalue weighted by Gasteiger charge is -2.09.